The molecule has 6 nitrogen and oxygen atoms in total. The number of anilines is 2. The van der Waals surface area contributed by atoms with E-state index in [0.29, 0.717) is 11.9 Å². The molecule has 0 bridgehead atoms. The molecule has 1 aliphatic heterocycles. The summed E-state index contributed by atoms with van der Waals surface area (Å²) in [6, 6.07) is 8.98. The van der Waals surface area contributed by atoms with E-state index in [1.54, 1.807) is 0 Å². The van der Waals surface area contributed by atoms with Gasteiger partial charge in [-0.1, -0.05) is 30.3 Å². The number of benzene rings is 1. The Kier molecular flexibility index (Phi) is 3.76. The summed E-state index contributed by atoms with van der Waals surface area (Å²) in [5.74, 6) is 0.257. The lowest BCUT2D eigenvalue weighted by atomic mass is 10.1. The van der Waals surface area contributed by atoms with Gasteiger partial charge in [-0.3, -0.25) is 0 Å². The van der Waals surface area contributed by atoms with Gasteiger partial charge < -0.3 is 10.1 Å². The fourth-order valence-electron chi connectivity index (χ4n) is 2.75. The van der Waals surface area contributed by atoms with Crippen molar-refractivity contribution in [1.29, 1.82) is 0 Å². The number of cyclic esters (lactones) is 1. The molecule has 1 aliphatic carbocycles. The first-order valence-corrected chi connectivity index (χ1v) is 7.99. The molecule has 0 unspecified atom stereocenters. The van der Waals surface area contributed by atoms with Gasteiger partial charge in [0, 0.05) is 7.97 Å². The number of halogens is 1. The monoisotopic (exact) mass is 330 g/mol. The van der Waals surface area contributed by atoms with Crippen LogP contribution in [-0.2, 0) is 4.74 Å². The average Bonchev–Trinajstić information content (AvgIpc) is 3.36. The Balaban J connectivity index is 0.00000182. The molecule has 1 aromatic heterocycles. The van der Waals surface area contributed by atoms with Gasteiger partial charge in [0.1, 0.15) is 12.6 Å². The molecule has 0 radical (unpaired) electrons. The van der Waals surface area contributed by atoms with Gasteiger partial charge in [-0.2, -0.15) is 4.98 Å². The van der Waals surface area contributed by atoms with E-state index in [4.69, 9.17) is 4.74 Å². The molecule has 126 valence electrons. The van der Waals surface area contributed by atoms with Gasteiger partial charge in [-0.05, 0) is 24.3 Å². The normalized spacial score (nSPS) is 20.1. The smallest absolute Gasteiger partial charge is 0.416 e. The Labute approximate surface area is 140 Å². The highest BCUT2D eigenvalue weighted by molar-refractivity contribution is 5.89. The predicted octanol–water partition coefficient (Wildman–Crippen LogP) is 3.38. The SMILES string of the molecule is O=C1OC[C@H](c2ccccc2)N1c1nc(NCC2CC2)ncc1F.[HH]. The molecular formula is C17H19FN4O2. The fourth-order valence-corrected chi connectivity index (χ4v) is 2.75. The lowest BCUT2D eigenvalue weighted by Crippen LogP contribution is -2.29. The number of aromatic nitrogens is 2. The molecule has 1 N–H and O–H groups in total. The standard InChI is InChI=1S/C17H17FN4O2.H2/c18-13-9-20-16(19-8-11-6-7-11)21-15(13)22-14(10-24-17(22)23)12-4-2-1-3-5-12;/h1-5,9,11,14H,6-8,10H2,(H,19,20,21);1H/t14-;/m1./s1. The molecule has 1 saturated heterocycles. The molecular weight excluding hydrogens is 311 g/mol. The van der Waals surface area contributed by atoms with E-state index in [1.807, 2.05) is 30.3 Å². The second-order valence-corrected chi connectivity index (χ2v) is 6.06. The van der Waals surface area contributed by atoms with E-state index in [1.165, 1.54) is 17.7 Å². The molecule has 1 aromatic carbocycles. The Bertz CT molecular complexity index is 758. The summed E-state index contributed by atoms with van der Waals surface area (Å²) >= 11 is 0. The van der Waals surface area contributed by atoms with Crippen molar-refractivity contribution in [3.05, 3.63) is 47.9 Å². The molecule has 1 atom stereocenters. The van der Waals surface area contributed by atoms with Crippen LogP contribution in [0.1, 0.15) is 25.9 Å². The quantitative estimate of drug-likeness (QED) is 0.910. The van der Waals surface area contributed by atoms with Crippen molar-refractivity contribution in [2.75, 3.05) is 23.4 Å². The van der Waals surface area contributed by atoms with Crippen molar-refractivity contribution < 1.29 is 15.3 Å². The molecule has 1 saturated carbocycles. The zero-order valence-corrected chi connectivity index (χ0v) is 13.0. The topological polar surface area (TPSA) is 67.3 Å². The van der Waals surface area contributed by atoms with E-state index < -0.39 is 18.0 Å². The molecule has 7 heteroatoms. The summed E-state index contributed by atoms with van der Waals surface area (Å²) in [5.41, 5.74) is 0.869. The number of hydrogen-bond donors (Lipinski definition) is 1. The summed E-state index contributed by atoms with van der Waals surface area (Å²) in [6.45, 7) is 0.925. The fraction of sp³-hybridized carbons (Fsp3) is 0.353. The van der Waals surface area contributed by atoms with Crippen LogP contribution in [0.2, 0.25) is 0 Å². The minimum atomic E-state index is -0.647. The lowest BCUT2D eigenvalue weighted by Gasteiger charge is -2.21. The summed E-state index contributed by atoms with van der Waals surface area (Å²) < 4.78 is 19.4. The number of hydrogen-bond acceptors (Lipinski definition) is 5. The molecule has 0 spiro atoms. The Morgan fingerprint density at radius 1 is 1.33 bits per heavy atom. The number of nitrogens with zero attached hydrogens (tertiary/aromatic N) is 3. The Morgan fingerprint density at radius 3 is 2.88 bits per heavy atom. The van der Waals surface area contributed by atoms with Crippen LogP contribution in [0.3, 0.4) is 0 Å². The highest BCUT2D eigenvalue weighted by atomic mass is 19.1. The molecule has 4 rings (SSSR count). The molecule has 1 amide bonds. The first kappa shape index (κ1) is 14.9. The highest BCUT2D eigenvalue weighted by Crippen LogP contribution is 2.34. The van der Waals surface area contributed by atoms with Crippen LogP contribution >= 0.6 is 0 Å². The first-order valence-electron chi connectivity index (χ1n) is 7.99. The van der Waals surface area contributed by atoms with Crippen molar-refractivity contribution in [2.45, 2.75) is 18.9 Å². The average molecular weight is 330 g/mol. The van der Waals surface area contributed by atoms with Crippen LogP contribution in [0.4, 0.5) is 21.0 Å². The third-order valence-electron chi connectivity index (χ3n) is 4.26. The molecule has 2 aromatic rings. The maximum absolute atomic E-state index is 14.3. The van der Waals surface area contributed by atoms with E-state index in [-0.39, 0.29) is 13.9 Å². The third-order valence-corrected chi connectivity index (χ3v) is 4.26. The van der Waals surface area contributed by atoms with Crippen LogP contribution in [0.5, 0.6) is 0 Å². The highest BCUT2D eigenvalue weighted by Gasteiger charge is 2.38. The second-order valence-electron chi connectivity index (χ2n) is 6.06. The Hall–Kier alpha value is -2.70. The van der Waals surface area contributed by atoms with Gasteiger partial charge in [-0.25, -0.2) is 19.1 Å². The van der Waals surface area contributed by atoms with Crippen molar-refractivity contribution >= 4 is 17.9 Å². The predicted molar refractivity (Wildman–Crippen MR) is 88.3 cm³/mol. The summed E-state index contributed by atoms with van der Waals surface area (Å²) in [4.78, 5) is 21.6. The van der Waals surface area contributed by atoms with Crippen LogP contribution in [-0.4, -0.2) is 29.2 Å². The summed E-state index contributed by atoms with van der Waals surface area (Å²) in [7, 11) is 0. The van der Waals surface area contributed by atoms with E-state index >= 15 is 0 Å². The van der Waals surface area contributed by atoms with Crippen LogP contribution in [0.15, 0.2) is 36.5 Å². The zero-order chi connectivity index (χ0) is 16.5. The molecule has 2 heterocycles. The lowest BCUT2D eigenvalue weighted by molar-refractivity contribution is 0.178. The summed E-state index contributed by atoms with van der Waals surface area (Å²) in [5, 5.41) is 3.10. The maximum Gasteiger partial charge on any atom is 0.416 e. The molecule has 2 aliphatic rings. The second kappa shape index (κ2) is 6.07. The van der Waals surface area contributed by atoms with Gasteiger partial charge in [0.05, 0.1) is 6.20 Å². The first-order chi connectivity index (χ1) is 11.7. The van der Waals surface area contributed by atoms with Crippen molar-refractivity contribution in [3.63, 3.8) is 0 Å². The number of nitrogens with one attached hydrogen (secondary N) is 1. The minimum Gasteiger partial charge on any atom is -0.447 e. The van der Waals surface area contributed by atoms with E-state index in [0.717, 1.165) is 18.3 Å². The largest absolute Gasteiger partial charge is 0.447 e. The summed E-state index contributed by atoms with van der Waals surface area (Å²) in [6.07, 6.45) is 2.87. The maximum atomic E-state index is 14.3. The van der Waals surface area contributed by atoms with Gasteiger partial charge in [0.2, 0.25) is 5.95 Å². The van der Waals surface area contributed by atoms with Gasteiger partial charge in [0.25, 0.3) is 0 Å². The number of ether oxygens (including phenoxy) is 1. The number of amides is 1. The van der Waals surface area contributed by atoms with Crippen molar-refractivity contribution in [2.24, 2.45) is 5.92 Å². The minimum absolute atomic E-state index is 0. The van der Waals surface area contributed by atoms with Crippen molar-refractivity contribution in [1.82, 2.24) is 9.97 Å². The van der Waals surface area contributed by atoms with Gasteiger partial charge in [-0.15, -0.1) is 0 Å². The van der Waals surface area contributed by atoms with Crippen LogP contribution in [0.25, 0.3) is 0 Å². The zero-order valence-electron chi connectivity index (χ0n) is 13.0. The van der Waals surface area contributed by atoms with Crippen molar-refractivity contribution in [3.8, 4) is 0 Å². The van der Waals surface area contributed by atoms with Gasteiger partial charge in [0.15, 0.2) is 11.6 Å². The van der Waals surface area contributed by atoms with E-state index in [2.05, 4.69) is 15.3 Å². The van der Waals surface area contributed by atoms with Crippen LogP contribution in [0, 0.1) is 11.7 Å². The number of carbonyl (C=O) groups excluding carboxylic acids is 1. The van der Waals surface area contributed by atoms with Crippen LogP contribution < -0.4 is 10.2 Å². The number of rotatable bonds is 5. The third kappa shape index (κ3) is 2.89. The number of carbonyl (C=O) groups is 1. The van der Waals surface area contributed by atoms with Gasteiger partial charge >= 0.3 is 6.09 Å². The van der Waals surface area contributed by atoms with E-state index in [9.17, 15) is 9.18 Å². The molecule has 24 heavy (non-hydrogen) atoms. The Morgan fingerprint density at radius 2 is 2.12 bits per heavy atom. The molecule has 2 fully saturated rings.